The number of hydrogen-bond acceptors (Lipinski definition) is 3. The SMILES string of the molecule is CCCCCCCCC1OCC2COC(CCCCCCCC)N21. The Bertz CT molecular complexity index is 282. The van der Waals surface area contributed by atoms with Gasteiger partial charge in [-0.15, -0.1) is 0 Å². The van der Waals surface area contributed by atoms with Gasteiger partial charge in [0.1, 0.15) is 12.5 Å². The topological polar surface area (TPSA) is 21.7 Å². The van der Waals surface area contributed by atoms with Gasteiger partial charge < -0.3 is 9.47 Å². The van der Waals surface area contributed by atoms with Crippen molar-refractivity contribution in [2.24, 2.45) is 0 Å². The molecule has 2 unspecified atom stereocenters. The summed E-state index contributed by atoms with van der Waals surface area (Å²) in [6, 6.07) is 0.528. The summed E-state index contributed by atoms with van der Waals surface area (Å²) in [5, 5.41) is 0. The van der Waals surface area contributed by atoms with Crippen LogP contribution in [0.3, 0.4) is 0 Å². The second-order valence-corrected chi connectivity index (χ2v) is 7.79. The minimum Gasteiger partial charge on any atom is -0.361 e. The maximum Gasteiger partial charge on any atom is 0.113 e. The Labute approximate surface area is 150 Å². The predicted octanol–water partition coefficient (Wildman–Crippen LogP) is 5.87. The molecule has 2 fully saturated rings. The number of ether oxygens (including phenoxy) is 2. The standard InChI is InChI=1S/C21H41NO2/c1-3-5-7-9-11-13-15-20-22-19(17-23-20)18-24-21(22)16-14-12-10-8-6-4-2/h19-21H,3-18H2,1-2H3. The molecule has 0 radical (unpaired) electrons. The summed E-state index contributed by atoms with van der Waals surface area (Å²) in [6.07, 6.45) is 19.4. The first kappa shape index (κ1) is 20.2. The zero-order chi connectivity index (χ0) is 17.0. The first-order valence-corrected chi connectivity index (χ1v) is 10.9. The van der Waals surface area contributed by atoms with Gasteiger partial charge in [-0.3, -0.25) is 0 Å². The van der Waals surface area contributed by atoms with E-state index in [-0.39, 0.29) is 0 Å². The third-order valence-electron chi connectivity index (χ3n) is 5.66. The second-order valence-electron chi connectivity index (χ2n) is 7.79. The number of unbranched alkanes of at least 4 members (excludes halogenated alkanes) is 10. The largest absolute Gasteiger partial charge is 0.361 e. The molecular weight excluding hydrogens is 298 g/mol. The minimum absolute atomic E-state index is 0.328. The van der Waals surface area contributed by atoms with Crippen LogP contribution in [-0.2, 0) is 9.47 Å². The number of fused-ring (bicyclic) bond motifs is 1. The Morgan fingerprint density at radius 2 is 1.04 bits per heavy atom. The van der Waals surface area contributed by atoms with Crippen LogP contribution in [0.1, 0.15) is 104 Å². The van der Waals surface area contributed by atoms with E-state index in [1.807, 2.05) is 0 Å². The molecule has 0 aromatic heterocycles. The molecule has 0 amide bonds. The molecule has 2 rings (SSSR count). The molecule has 2 aliphatic heterocycles. The van der Waals surface area contributed by atoms with Crippen molar-refractivity contribution in [2.75, 3.05) is 13.2 Å². The number of nitrogens with zero attached hydrogens (tertiary/aromatic N) is 1. The Balaban J connectivity index is 1.60. The normalized spacial score (nSPS) is 27.0. The van der Waals surface area contributed by atoms with Crippen LogP contribution in [0, 0.1) is 0 Å². The van der Waals surface area contributed by atoms with Crippen LogP contribution in [0.4, 0.5) is 0 Å². The van der Waals surface area contributed by atoms with E-state index in [0.717, 1.165) is 13.2 Å². The van der Waals surface area contributed by atoms with E-state index in [4.69, 9.17) is 9.47 Å². The molecule has 0 aromatic carbocycles. The summed E-state index contributed by atoms with van der Waals surface area (Å²) in [5.74, 6) is 0. The first-order chi connectivity index (χ1) is 11.9. The Morgan fingerprint density at radius 1 is 0.625 bits per heavy atom. The van der Waals surface area contributed by atoms with E-state index in [9.17, 15) is 0 Å². The van der Waals surface area contributed by atoms with Gasteiger partial charge in [0.15, 0.2) is 0 Å². The van der Waals surface area contributed by atoms with E-state index in [2.05, 4.69) is 18.7 Å². The van der Waals surface area contributed by atoms with E-state index in [1.54, 1.807) is 0 Å². The number of hydrogen-bond donors (Lipinski definition) is 0. The molecular formula is C21H41NO2. The van der Waals surface area contributed by atoms with Gasteiger partial charge in [0, 0.05) is 0 Å². The molecule has 2 atom stereocenters. The zero-order valence-electron chi connectivity index (χ0n) is 16.3. The molecule has 0 spiro atoms. The predicted molar refractivity (Wildman–Crippen MR) is 101 cm³/mol. The summed E-state index contributed by atoms with van der Waals surface area (Å²) in [4.78, 5) is 2.57. The van der Waals surface area contributed by atoms with E-state index in [1.165, 1.54) is 89.9 Å². The van der Waals surface area contributed by atoms with Gasteiger partial charge >= 0.3 is 0 Å². The van der Waals surface area contributed by atoms with Gasteiger partial charge in [-0.2, -0.15) is 0 Å². The van der Waals surface area contributed by atoms with Gasteiger partial charge in [-0.05, 0) is 25.7 Å². The molecule has 0 saturated carbocycles. The van der Waals surface area contributed by atoms with Crippen LogP contribution in [-0.4, -0.2) is 36.6 Å². The number of rotatable bonds is 14. The van der Waals surface area contributed by atoms with Crippen molar-refractivity contribution in [1.82, 2.24) is 4.90 Å². The summed E-state index contributed by atoms with van der Waals surface area (Å²) in [5.41, 5.74) is 0. The molecule has 0 N–H and O–H groups in total. The van der Waals surface area contributed by atoms with Crippen LogP contribution in [0.25, 0.3) is 0 Å². The van der Waals surface area contributed by atoms with E-state index in [0.29, 0.717) is 18.5 Å². The van der Waals surface area contributed by atoms with Gasteiger partial charge in [0.25, 0.3) is 0 Å². The van der Waals surface area contributed by atoms with Crippen molar-refractivity contribution < 1.29 is 9.47 Å². The summed E-state index contributed by atoms with van der Waals surface area (Å²) < 4.78 is 12.2. The van der Waals surface area contributed by atoms with Crippen LogP contribution >= 0.6 is 0 Å². The Hall–Kier alpha value is -0.120. The van der Waals surface area contributed by atoms with Gasteiger partial charge in [-0.1, -0.05) is 78.1 Å². The van der Waals surface area contributed by atoms with Crippen LogP contribution in [0.2, 0.25) is 0 Å². The second kappa shape index (κ2) is 12.3. The highest BCUT2D eigenvalue weighted by molar-refractivity contribution is 4.87. The fourth-order valence-corrected chi connectivity index (χ4v) is 4.16. The highest BCUT2D eigenvalue weighted by atomic mass is 16.6. The molecule has 0 aliphatic carbocycles. The summed E-state index contributed by atoms with van der Waals surface area (Å²) in [7, 11) is 0. The molecule has 3 heteroatoms. The molecule has 24 heavy (non-hydrogen) atoms. The van der Waals surface area contributed by atoms with Gasteiger partial charge in [0.2, 0.25) is 0 Å². The fraction of sp³-hybridized carbons (Fsp3) is 1.00. The van der Waals surface area contributed by atoms with Crippen molar-refractivity contribution in [3.05, 3.63) is 0 Å². The highest BCUT2D eigenvalue weighted by Crippen LogP contribution is 2.32. The van der Waals surface area contributed by atoms with Crippen molar-refractivity contribution >= 4 is 0 Å². The zero-order valence-corrected chi connectivity index (χ0v) is 16.3. The first-order valence-electron chi connectivity index (χ1n) is 10.9. The highest BCUT2D eigenvalue weighted by Gasteiger charge is 2.43. The lowest BCUT2D eigenvalue weighted by molar-refractivity contribution is -0.0640. The van der Waals surface area contributed by atoms with Gasteiger partial charge in [0.05, 0.1) is 19.3 Å². The molecule has 0 aromatic rings. The quantitative estimate of drug-likeness (QED) is 0.369. The van der Waals surface area contributed by atoms with Crippen LogP contribution in [0.15, 0.2) is 0 Å². The Morgan fingerprint density at radius 3 is 1.50 bits per heavy atom. The van der Waals surface area contributed by atoms with Crippen molar-refractivity contribution in [1.29, 1.82) is 0 Å². The third kappa shape index (κ3) is 6.65. The molecule has 2 heterocycles. The van der Waals surface area contributed by atoms with Crippen LogP contribution in [0.5, 0.6) is 0 Å². The third-order valence-corrected chi connectivity index (χ3v) is 5.66. The maximum absolute atomic E-state index is 6.08. The smallest absolute Gasteiger partial charge is 0.113 e. The van der Waals surface area contributed by atoms with Crippen molar-refractivity contribution in [3.8, 4) is 0 Å². The minimum atomic E-state index is 0.328. The lowest BCUT2D eigenvalue weighted by Crippen LogP contribution is -2.39. The van der Waals surface area contributed by atoms with Gasteiger partial charge in [-0.25, -0.2) is 4.90 Å². The monoisotopic (exact) mass is 339 g/mol. The summed E-state index contributed by atoms with van der Waals surface area (Å²) in [6.45, 7) is 6.33. The lowest BCUT2D eigenvalue weighted by atomic mass is 10.1. The molecule has 142 valence electrons. The molecule has 2 saturated heterocycles. The fourth-order valence-electron chi connectivity index (χ4n) is 4.16. The molecule has 2 aliphatic rings. The average molecular weight is 340 g/mol. The molecule has 0 bridgehead atoms. The van der Waals surface area contributed by atoms with E-state index < -0.39 is 0 Å². The van der Waals surface area contributed by atoms with Crippen LogP contribution < -0.4 is 0 Å². The average Bonchev–Trinajstić information content (AvgIpc) is 3.17. The molecule has 3 nitrogen and oxygen atoms in total. The van der Waals surface area contributed by atoms with E-state index >= 15 is 0 Å². The van der Waals surface area contributed by atoms with Crippen molar-refractivity contribution in [2.45, 2.75) is 122 Å². The maximum atomic E-state index is 6.08. The van der Waals surface area contributed by atoms with Crippen molar-refractivity contribution in [3.63, 3.8) is 0 Å². The lowest BCUT2D eigenvalue weighted by Gasteiger charge is -2.27. The Kier molecular flexibility index (Phi) is 10.3. The summed E-state index contributed by atoms with van der Waals surface area (Å²) >= 11 is 0.